The maximum absolute atomic E-state index is 11.9. The molecule has 3 fully saturated rings. The van der Waals surface area contributed by atoms with E-state index < -0.39 is 23.0 Å². The number of halogens is 3. The van der Waals surface area contributed by atoms with Crippen molar-refractivity contribution in [2.24, 2.45) is 16.6 Å². The molecular weight excluding hydrogens is 571 g/mol. The molecule has 1 heterocycles. The van der Waals surface area contributed by atoms with Gasteiger partial charge in [-0.05, 0) is 84.6 Å². The highest BCUT2D eigenvalue weighted by atomic mass is 19.3. The topological polar surface area (TPSA) is 116 Å². The van der Waals surface area contributed by atoms with Gasteiger partial charge >= 0.3 is 5.97 Å². The number of amides is 1. The molecule has 0 bridgehead atoms. The summed E-state index contributed by atoms with van der Waals surface area (Å²) in [5.74, 6) is -4.11. The number of alkyl halides is 3. The number of likely N-dealkylation sites (tertiary alicyclic amines) is 1. The van der Waals surface area contributed by atoms with Crippen molar-refractivity contribution in [3.63, 3.8) is 0 Å². The van der Waals surface area contributed by atoms with E-state index in [2.05, 4.69) is 53.6 Å². The van der Waals surface area contributed by atoms with Crippen molar-refractivity contribution in [2.45, 2.75) is 118 Å². The molecule has 1 amide bonds. The summed E-state index contributed by atoms with van der Waals surface area (Å²) in [6.45, 7) is 16.9. The van der Waals surface area contributed by atoms with Crippen molar-refractivity contribution < 1.29 is 33.0 Å². The van der Waals surface area contributed by atoms with Gasteiger partial charge in [0.25, 0.3) is 0 Å². The molecule has 2 saturated carbocycles. The summed E-state index contributed by atoms with van der Waals surface area (Å²) in [5, 5.41) is 18.6. The average molecular weight is 632 g/mol. The number of carbonyl (C=O) groups excluding carboxylic acids is 1. The fraction of sp³-hybridized carbons (Fsp3) is 0.706. The third kappa shape index (κ3) is 20.5. The zero-order chi connectivity index (χ0) is 34.8. The SMILES string of the molecule is CC.CC(C)(CN1CC2(CC(NC3CC3)C2)C1)C(N)=O.CC(C)(F)C(=O)O.CC(C)(F)F.CC/C=C\c1ccccc1.CO. The highest BCUT2D eigenvalue weighted by molar-refractivity contribution is 5.80. The van der Waals surface area contributed by atoms with Gasteiger partial charge in [0, 0.05) is 38.8 Å². The summed E-state index contributed by atoms with van der Waals surface area (Å²) in [4.78, 5) is 23.3. The summed E-state index contributed by atoms with van der Waals surface area (Å²) < 4.78 is 34.0. The summed E-state index contributed by atoms with van der Waals surface area (Å²) >= 11 is 0. The first-order chi connectivity index (χ1) is 20.3. The highest BCUT2D eigenvalue weighted by Gasteiger charge is 2.53. The van der Waals surface area contributed by atoms with Crippen LogP contribution in [-0.2, 0) is 9.59 Å². The molecule has 1 spiro atoms. The minimum Gasteiger partial charge on any atom is -0.479 e. The molecule has 5 N–H and O–H groups in total. The summed E-state index contributed by atoms with van der Waals surface area (Å²) in [7, 11) is 1.00. The van der Waals surface area contributed by atoms with E-state index in [1.165, 1.54) is 31.2 Å². The third-order valence-electron chi connectivity index (χ3n) is 6.67. The number of aliphatic carboxylic acids is 1. The van der Waals surface area contributed by atoms with Gasteiger partial charge in [0.1, 0.15) is 0 Å². The molecule has 0 radical (unpaired) electrons. The number of nitrogens with two attached hydrogens (primary N) is 1. The second-order valence-electron chi connectivity index (χ2n) is 12.8. The number of aliphatic hydroxyl groups is 1. The number of allylic oxidation sites excluding steroid dienone is 1. The van der Waals surface area contributed by atoms with E-state index in [0.29, 0.717) is 5.41 Å². The van der Waals surface area contributed by atoms with E-state index in [9.17, 15) is 22.8 Å². The van der Waals surface area contributed by atoms with Crippen LogP contribution in [0, 0.1) is 10.8 Å². The predicted octanol–water partition coefficient (Wildman–Crippen LogP) is 6.94. The van der Waals surface area contributed by atoms with Crippen LogP contribution >= 0.6 is 0 Å². The molecule has 1 saturated heterocycles. The quantitative estimate of drug-likeness (QED) is 0.247. The van der Waals surface area contributed by atoms with E-state index in [1.54, 1.807) is 0 Å². The molecule has 44 heavy (non-hydrogen) atoms. The normalized spacial score (nSPS) is 17.2. The van der Waals surface area contributed by atoms with Crippen LogP contribution in [0.25, 0.3) is 6.08 Å². The Hall–Kier alpha value is -2.43. The molecule has 4 rings (SSSR count). The minimum atomic E-state index is -2.50. The molecule has 0 atom stereocenters. The summed E-state index contributed by atoms with van der Waals surface area (Å²) in [6, 6.07) is 11.9. The number of carboxylic acids is 1. The van der Waals surface area contributed by atoms with Crippen LogP contribution in [0.4, 0.5) is 13.2 Å². The van der Waals surface area contributed by atoms with E-state index >= 15 is 0 Å². The number of hydrogen-bond acceptors (Lipinski definition) is 5. The van der Waals surface area contributed by atoms with E-state index in [-0.39, 0.29) is 5.91 Å². The molecule has 1 aliphatic heterocycles. The standard InChI is InChI=1S/C14H25N3O.C10H12.C4H7FO2.C3H6F2.C2H6.CH4O/c1-13(2,12(15)18)7-17-8-14(9-17)5-11(6-14)16-10-3-4-10;1-2-3-7-10-8-5-4-6-9-10;1-4(2,5)3(6)7;1-3(2,4)5;2*1-2/h10-11,16H,3-9H2,1-2H3,(H2,15,18);3-9H,2H2,1H3;1-2H3,(H,6,7);1-2H3;1-2H3;2H,1H3/b;7-3-;;;;. The van der Waals surface area contributed by atoms with Gasteiger partial charge in [-0.2, -0.15) is 0 Å². The molecule has 256 valence electrons. The van der Waals surface area contributed by atoms with E-state index in [0.717, 1.165) is 72.9 Å². The van der Waals surface area contributed by atoms with Gasteiger partial charge in [-0.25, -0.2) is 18.0 Å². The van der Waals surface area contributed by atoms with Gasteiger partial charge in [0.15, 0.2) is 0 Å². The molecule has 10 heteroatoms. The Morgan fingerprint density at radius 2 is 1.41 bits per heavy atom. The first kappa shape index (κ1) is 43.7. The molecule has 7 nitrogen and oxygen atoms in total. The van der Waals surface area contributed by atoms with Gasteiger partial charge < -0.3 is 26.2 Å². The second-order valence-corrected chi connectivity index (χ2v) is 12.8. The Morgan fingerprint density at radius 1 is 0.977 bits per heavy atom. The van der Waals surface area contributed by atoms with Crippen molar-refractivity contribution >= 4 is 18.0 Å². The number of aliphatic hydroxyl groups excluding tert-OH is 1. The van der Waals surface area contributed by atoms with Crippen molar-refractivity contribution in [3.05, 3.63) is 42.0 Å². The minimum absolute atomic E-state index is 0.190. The van der Waals surface area contributed by atoms with Crippen molar-refractivity contribution in [1.82, 2.24) is 10.2 Å². The predicted molar refractivity (Wildman–Crippen MR) is 175 cm³/mol. The van der Waals surface area contributed by atoms with E-state index in [1.807, 2.05) is 33.8 Å². The van der Waals surface area contributed by atoms with Crippen LogP contribution in [0.2, 0.25) is 0 Å². The lowest BCUT2D eigenvalue weighted by Gasteiger charge is -2.60. The van der Waals surface area contributed by atoms with E-state index in [4.69, 9.17) is 15.9 Å². The molecule has 1 aromatic carbocycles. The number of nitrogens with one attached hydrogen (secondary N) is 1. The average Bonchev–Trinajstić information content (AvgIpc) is 3.71. The van der Waals surface area contributed by atoms with Gasteiger partial charge in [-0.1, -0.05) is 63.3 Å². The molecule has 0 unspecified atom stereocenters. The van der Waals surface area contributed by atoms with Crippen molar-refractivity contribution in [2.75, 3.05) is 26.7 Å². The number of nitrogens with zero attached hydrogens (tertiary/aromatic N) is 1. The maximum atomic E-state index is 11.9. The number of primary amides is 1. The Morgan fingerprint density at radius 3 is 1.75 bits per heavy atom. The van der Waals surface area contributed by atoms with Gasteiger partial charge in [-0.15, -0.1) is 0 Å². The molecule has 1 aromatic rings. The molecular formula is C34H60F3N3O4. The second kappa shape index (κ2) is 20.6. The molecule has 3 aliphatic rings. The lowest BCUT2D eigenvalue weighted by molar-refractivity contribution is -0.148. The molecule has 0 aromatic heterocycles. The Balaban J connectivity index is 0. The largest absolute Gasteiger partial charge is 0.479 e. The third-order valence-corrected chi connectivity index (χ3v) is 6.67. The number of hydrogen-bond donors (Lipinski definition) is 4. The lowest BCUT2D eigenvalue weighted by atomic mass is 9.60. The van der Waals surface area contributed by atoms with Gasteiger partial charge in [0.05, 0.1) is 5.41 Å². The first-order valence-electron chi connectivity index (χ1n) is 15.5. The van der Waals surface area contributed by atoms with Gasteiger partial charge in [-0.3, -0.25) is 4.79 Å². The number of carboxylic acid groups (broad SMARTS) is 1. The first-order valence-corrected chi connectivity index (χ1v) is 15.5. The van der Waals surface area contributed by atoms with Crippen molar-refractivity contribution in [1.29, 1.82) is 0 Å². The number of carbonyl (C=O) groups is 2. The Kier molecular flexibility index (Phi) is 20.4. The Labute approximate surface area is 264 Å². The summed E-state index contributed by atoms with van der Waals surface area (Å²) in [6.07, 6.45) is 10.8. The zero-order valence-corrected chi connectivity index (χ0v) is 28.7. The molecule has 2 aliphatic carbocycles. The van der Waals surface area contributed by atoms with Crippen LogP contribution in [0.3, 0.4) is 0 Å². The van der Waals surface area contributed by atoms with Crippen LogP contribution in [-0.4, -0.2) is 77.4 Å². The van der Waals surface area contributed by atoms with Crippen LogP contribution < -0.4 is 11.1 Å². The highest BCUT2D eigenvalue weighted by Crippen LogP contribution is 2.49. The maximum Gasteiger partial charge on any atom is 0.340 e. The zero-order valence-electron chi connectivity index (χ0n) is 28.7. The van der Waals surface area contributed by atoms with Crippen LogP contribution in [0.5, 0.6) is 0 Å². The fourth-order valence-corrected chi connectivity index (χ4v) is 4.41. The van der Waals surface area contributed by atoms with Crippen LogP contribution in [0.15, 0.2) is 36.4 Å². The lowest BCUT2D eigenvalue weighted by Crippen LogP contribution is -2.67. The smallest absolute Gasteiger partial charge is 0.340 e. The number of benzene rings is 1. The fourth-order valence-electron chi connectivity index (χ4n) is 4.41. The van der Waals surface area contributed by atoms with Gasteiger partial charge in [0.2, 0.25) is 17.5 Å². The van der Waals surface area contributed by atoms with Crippen molar-refractivity contribution in [3.8, 4) is 0 Å². The number of rotatable bonds is 8. The Bertz CT molecular complexity index is 937. The van der Waals surface area contributed by atoms with Crippen LogP contribution in [0.1, 0.15) is 100.0 Å². The monoisotopic (exact) mass is 631 g/mol. The summed E-state index contributed by atoms with van der Waals surface area (Å²) in [5.41, 5.74) is 4.80.